The Labute approximate surface area is 194 Å². The van der Waals surface area contributed by atoms with Crippen LogP contribution >= 0.6 is 11.8 Å². The summed E-state index contributed by atoms with van der Waals surface area (Å²) in [6, 6.07) is 20.2. The van der Waals surface area contributed by atoms with Crippen molar-refractivity contribution in [1.29, 1.82) is 0 Å². The lowest BCUT2D eigenvalue weighted by molar-refractivity contribution is -0.124. The standard InChI is InChI=1S/C25H20FN3O3S/c1-16-7-2-4-11-20(16)27-22(30)14-28-21-12-5-3-10-19(21)25(24(28)32)29(23(31)15-33-25)18-9-6-8-17(26)13-18/h2-13H,14-15H2,1H3,(H,27,30). The quantitative estimate of drug-likeness (QED) is 0.637. The van der Waals surface area contributed by atoms with E-state index in [0.717, 1.165) is 5.56 Å². The third kappa shape index (κ3) is 3.38. The SMILES string of the molecule is Cc1ccccc1NC(=O)CN1C(=O)C2(SCC(=O)N2c2cccc(F)c2)c2ccccc21. The van der Waals surface area contributed by atoms with Crippen LogP contribution in [-0.2, 0) is 19.3 Å². The fourth-order valence-electron chi connectivity index (χ4n) is 4.37. The number of para-hydroxylation sites is 2. The Morgan fingerprint density at radius 3 is 2.61 bits per heavy atom. The molecule has 3 aromatic rings. The van der Waals surface area contributed by atoms with Gasteiger partial charge < -0.3 is 5.32 Å². The van der Waals surface area contributed by atoms with E-state index in [9.17, 15) is 18.8 Å². The molecule has 0 bridgehead atoms. The van der Waals surface area contributed by atoms with E-state index in [2.05, 4.69) is 5.32 Å². The van der Waals surface area contributed by atoms with Crippen molar-refractivity contribution in [1.82, 2.24) is 0 Å². The third-order valence-electron chi connectivity index (χ3n) is 5.85. The number of fused-ring (bicyclic) bond motifs is 2. The van der Waals surface area contributed by atoms with E-state index >= 15 is 0 Å². The average Bonchev–Trinajstić information content (AvgIpc) is 3.26. The summed E-state index contributed by atoms with van der Waals surface area (Å²) in [4.78, 5) is 41.1. The van der Waals surface area contributed by atoms with Gasteiger partial charge in [0.2, 0.25) is 16.7 Å². The molecule has 3 amide bonds. The summed E-state index contributed by atoms with van der Waals surface area (Å²) < 4.78 is 14.0. The maximum atomic E-state index is 14.0. The Balaban J connectivity index is 1.53. The summed E-state index contributed by atoms with van der Waals surface area (Å²) >= 11 is 1.19. The normalized spacial score (nSPS) is 19.3. The van der Waals surface area contributed by atoms with Crippen LogP contribution in [0.5, 0.6) is 0 Å². The van der Waals surface area contributed by atoms with E-state index in [0.29, 0.717) is 22.6 Å². The summed E-state index contributed by atoms with van der Waals surface area (Å²) in [5, 5.41) is 2.86. The second-order valence-electron chi connectivity index (χ2n) is 7.91. The highest BCUT2D eigenvalue weighted by Gasteiger charge is 2.61. The number of hydrogen-bond donors (Lipinski definition) is 1. The van der Waals surface area contributed by atoms with Crippen molar-refractivity contribution < 1.29 is 18.8 Å². The third-order valence-corrected chi connectivity index (χ3v) is 7.24. The molecule has 3 aromatic carbocycles. The second-order valence-corrected chi connectivity index (χ2v) is 9.08. The van der Waals surface area contributed by atoms with E-state index in [1.807, 2.05) is 25.1 Å². The first-order valence-corrected chi connectivity index (χ1v) is 11.4. The van der Waals surface area contributed by atoms with Gasteiger partial charge in [0.1, 0.15) is 12.4 Å². The summed E-state index contributed by atoms with van der Waals surface area (Å²) in [5.41, 5.74) is 3.05. The van der Waals surface area contributed by atoms with Gasteiger partial charge in [-0.15, -0.1) is 11.8 Å². The molecule has 0 aliphatic carbocycles. The number of benzene rings is 3. The van der Waals surface area contributed by atoms with Gasteiger partial charge in [-0.2, -0.15) is 0 Å². The first-order valence-electron chi connectivity index (χ1n) is 10.4. The number of carbonyl (C=O) groups excluding carboxylic acids is 3. The molecule has 5 rings (SSSR count). The Morgan fingerprint density at radius 1 is 1.06 bits per heavy atom. The van der Waals surface area contributed by atoms with Crippen LogP contribution in [0.25, 0.3) is 0 Å². The lowest BCUT2D eigenvalue weighted by atomic mass is 10.0. The van der Waals surface area contributed by atoms with E-state index in [-0.39, 0.29) is 24.1 Å². The highest BCUT2D eigenvalue weighted by atomic mass is 32.2. The molecule has 1 unspecified atom stereocenters. The van der Waals surface area contributed by atoms with Gasteiger partial charge in [0.25, 0.3) is 5.91 Å². The van der Waals surface area contributed by atoms with Gasteiger partial charge in [-0.05, 0) is 42.8 Å². The van der Waals surface area contributed by atoms with Gasteiger partial charge in [-0.1, -0.05) is 42.5 Å². The van der Waals surface area contributed by atoms with E-state index in [4.69, 9.17) is 0 Å². The first-order chi connectivity index (χ1) is 15.9. The van der Waals surface area contributed by atoms with Crippen LogP contribution in [0.2, 0.25) is 0 Å². The largest absolute Gasteiger partial charge is 0.324 e. The highest BCUT2D eigenvalue weighted by molar-refractivity contribution is 8.02. The summed E-state index contributed by atoms with van der Waals surface area (Å²) in [7, 11) is 0. The number of carbonyl (C=O) groups is 3. The Morgan fingerprint density at radius 2 is 1.82 bits per heavy atom. The van der Waals surface area contributed by atoms with Crippen molar-refractivity contribution in [2.75, 3.05) is 27.4 Å². The number of anilines is 3. The van der Waals surface area contributed by atoms with Crippen LogP contribution in [0, 0.1) is 12.7 Å². The molecule has 166 valence electrons. The summed E-state index contributed by atoms with van der Waals surface area (Å²) in [5.74, 6) is -1.47. The van der Waals surface area contributed by atoms with Crippen molar-refractivity contribution in [3.63, 3.8) is 0 Å². The fourth-order valence-corrected chi connectivity index (χ4v) is 5.73. The lowest BCUT2D eigenvalue weighted by Crippen LogP contribution is -2.50. The number of hydrogen-bond acceptors (Lipinski definition) is 4. The topological polar surface area (TPSA) is 69.7 Å². The molecule has 0 aromatic heterocycles. The van der Waals surface area contributed by atoms with Crippen molar-refractivity contribution in [2.45, 2.75) is 11.8 Å². The molecule has 0 saturated carbocycles. The van der Waals surface area contributed by atoms with Crippen molar-refractivity contribution in [3.8, 4) is 0 Å². The van der Waals surface area contributed by atoms with Crippen LogP contribution in [0.1, 0.15) is 11.1 Å². The minimum Gasteiger partial charge on any atom is -0.324 e. The molecule has 1 atom stereocenters. The van der Waals surface area contributed by atoms with Crippen LogP contribution in [0.4, 0.5) is 21.5 Å². The molecule has 2 aliphatic rings. The number of amides is 3. The highest BCUT2D eigenvalue weighted by Crippen LogP contribution is 2.55. The second kappa shape index (κ2) is 8.04. The van der Waals surface area contributed by atoms with Gasteiger partial charge in [-0.3, -0.25) is 24.2 Å². The van der Waals surface area contributed by atoms with Crippen LogP contribution < -0.4 is 15.1 Å². The maximum Gasteiger partial charge on any atom is 0.269 e. The van der Waals surface area contributed by atoms with Gasteiger partial charge in [0.05, 0.1) is 11.4 Å². The first kappa shape index (κ1) is 21.2. The predicted octanol–water partition coefficient (Wildman–Crippen LogP) is 4.05. The number of rotatable bonds is 4. The number of halogens is 1. The van der Waals surface area contributed by atoms with Crippen LogP contribution in [0.3, 0.4) is 0 Å². The zero-order valence-corrected chi connectivity index (χ0v) is 18.6. The molecule has 33 heavy (non-hydrogen) atoms. The number of aryl methyl sites for hydroxylation is 1. The van der Waals surface area contributed by atoms with Crippen LogP contribution in [-0.4, -0.2) is 30.0 Å². The van der Waals surface area contributed by atoms with E-state index in [1.165, 1.54) is 39.8 Å². The molecule has 1 fully saturated rings. The van der Waals surface area contributed by atoms with Gasteiger partial charge in [-0.25, -0.2) is 4.39 Å². The number of nitrogens with one attached hydrogen (secondary N) is 1. The van der Waals surface area contributed by atoms with Crippen molar-refractivity contribution >= 4 is 46.5 Å². The average molecular weight is 462 g/mol. The lowest BCUT2D eigenvalue weighted by Gasteiger charge is -2.33. The minimum absolute atomic E-state index is 0.0693. The molecule has 8 heteroatoms. The molecule has 2 aliphatic heterocycles. The molecule has 2 heterocycles. The molecule has 6 nitrogen and oxygen atoms in total. The molecule has 0 radical (unpaired) electrons. The smallest absolute Gasteiger partial charge is 0.269 e. The maximum absolute atomic E-state index is 14.0. The molecule has 1 N–H and O–H groups in total. The van der Waals surface area contributed by atoms with E-state index < -0.39 is 16.6 Å². The van der Waals surface area contributed by atoms with Gasteiger partial charge >= 0.3 is 0 Å². The Hall–Kier alpha value is -3.65. The Kier molecular flexibility index (Phi) is 5.17. The van der Waals surface area contributed by atoms with Crippen LogP contribution in [0.15, 0.2) is 72.8 Å². The summed E-state index contributed by atoms with van der Waals surface area (Å²) in [6.45, 7) is 1.68. The molecular weight excluding hydrogens is 441 g/mol. The number of nitrogens with zero attached hydrogens (tertiary/aromatic N) is 2. The van der Waals surface area contributed by atoms with Crippen molar-refractivity contribution in [2.24, 2.45) is 0 Å². The monoisotopic (exact) mass is 461 g/mol. The van der Waals surface area contributed by atoms with E-state index in [1.54, 1.807) is 36.4 Å². The Bertz CT molecular complexity index is 1300. The molecule has 1 saturated heterocycles. The zero-order valence-electron chi connectivity index (χ0n) is 17.7. The van der Waals surface area contributed by atoms with Gasteiger partial charge in [0.15, 0.2) is 0 Å². The molecular formula is C25H20FN3O3S. The predicted molar refractivity (Wildman–Crippen MR) is 127 cm³/mol. The minimum atomic E-state index is -1.38. The van der Waals surface area contributed by atoms with Gasteiger partial charge in [0, 0.05) is 16.9 Å². The zero-order chi connectivity index (χ0) is 23.2. The van der Waals surface area contributed by atoms with Crippen molar-refractivity contribution in [3.05, 3.63) is 89.7 Å². The molecule has 1 spiro atoms. The fraction of sp³-hybridized carbons (Fsp3) is 0.160. The summed E-state index contributed by atoms with van der Waals surface area (Å²) in [6.07, 6.45) is 0. The number of thioether (sulfide) groups is 1.